The molecule has 4 aromatic rings. The molecule has 6 aliphatic heterocycles. The molecule has 56 heavy (non-hydrogen) atoms. The van der Waals surface area contributed by atoms with Gasteiger partial charge in [-0.05, 0) is 155 Å². The number of carbonyl (C=O) groups excluding carboxylic acids is 1. The molecule has 4 aromatic carbocycles. The number of amides is 1. The molecular formula is C42H36Br4N2O7S. The van der Waals surface area contributed by atoms with Gasteiger partial charge in [-0.1, -0.05) is 48.0 Å². The number of phenolic OH excluding ortho intramolecular Hbond substituents is 2. The fourth-order valence-corrected chi connectivity index (χ4v) is 15.1. The first-order valence-electron chi connectivity index (χ1n) is 18.6. The van der Waals surface area contributed by atoms with Gasteiger partial charge >= 0.3 is 0 Å². The Kier molecular flexibility index (Phi) is 8.73. The van der Waals surface area contributed by atoms with E-state index >= 15 is 0 Å². The number of carbonyl (C=O) groups is 1. The summed E-state index contributed by atoms with van der Waals surface area (Å²) in [5, 5.41) is 20.8. The number of hydrogen-bond acceptors (Lipinski definition) is 8. The lowest BCUT2D eigenvalue weighted by Crippen LogP contribution is -2.69. The normalized spacial score (nSPS) is 29.5. The maximum atomic E-state index is 13.2. The largest absolute Gasteiger partial charge is 0.506 e. The van der Waals surface area contributed by atoms with Crippen molar-refractivity contribution in [1.29, 1.82) is 0 Å². The summed E-state index contributed by atoms with van der Waals surface area (Å²) in [5.74, 6) is 1.34. The molecule has 7 aliphatic rings. The molecule has 6 heterocycles. The number of benzene rings is 4. The van der Waals surface area contributed by atoms with Crippen molar-refractivity contribution in [2.45, 2.75) is 67.2 Å². The summed E-state index contributed by atoms with van der Waals surface area (Å²) in [4.78, 5) is 18.2. The minimum atomic E-state index is -4.10. The van der Waals surface area contributed by atoms with Gasteiger partial charge in [0.15, 0.2) is 5.60 Å². The number of aromatic hydroxyl groups is 2. The Bertz CT molecular complexity index is 2500. The van der Waals surface area contributed by atoms with E-state index in [9.17, 15) is 23.4 Å². The fourth-order valence-electron chi connectivity index (χ4n) is 11.4. The van der Waals surface area contributed by atoms with Crippen molar-refractivity contribution in [2.75, 3.05) is 24.6 Å². The summed E-state index contributed by atoms with van der Waals surface area (Å²) in [5.41, 5.74) is 5.48. The van der Waals surface area contributed by atoms with E-state index in [0.717, 1.165) is 6.54 Å². The van der Waals surface area contributed by atoms with Crippen molar-refractivity contribution in [3.63, 3.8) is 0 Å². The summed E-state index contributed by atoms with van der Waals surface area (Å²) < 4.78 is 40.1. The summed E-state index contributed by atoms with van der Waals surface area (Å²) in [6, 6.07) is 19.6. The van der Waals surface area contributed by atoms with Crippen molar-refractivity contribution in [3.8, 4) is 11.5 Å². The predicted molar refractivity (Wildman–Crippen MR) is 224 cm³/mol. The van der Waals surface area contributed by atoms with Crippen LogP contribution in [0.1, 0.15) is 52.6 Å². The first-order chi connectivity index (χ1) is 26.7. The molecule has 2 bridgehead atoms. The quantitative estimate of drug-likeness (QED) is 0.151. The second kappa shape index (κ2) is 13.0. The highest BCUT2D eigenvalue weighted by atomic mass is 79.9. The third kappa shape index (κ3) is 4.90. The summed E-state index contributed by atoms with van der Waals surface area (Å²) in [6.45, 7) is 6.51. The van der Waals surface area contributed by atoms with Gasteiger partial charge in [0, 0.05) is 35.2 Å². The maximum Gasteiger partial charge on any atom is 0.298 e. The lowest BCUT2D eigenvalue weighted by molar-refractivity contribution is -0.132. The molecule has 0 aromatic heterocycles. The molecule has 290 valence electrons. The topological polar surface area (TPSA) is 117 Å². The third-order valence-corrected chi connectivity index (χ3v) is 18.1. The van der Waals surface area contributed by atoms with Crippen LogP contribution in [0.25, 0.3) is 0 Å². The second-order valence-corrected chi connectivity index (χ2v) is 20.7. The van der Waals surface area contributed by atoms with E-state index in [4.69, 9.17) is 8.92 Å². The number of nitrogens with zero attached hydrogens (tertiary/aromatic N) is 2. The lowest BCUT2D eigenvalue weighted by Gasteiger charge is -2.58. The Morgan fingerprint density at radius 2 is 1.48 bits per heavy atom. The van der Waals surface area contributed by atoms with Crippen LogP contribution in [0.4, 0.5) is 5.69 Å². The van der Waals surface area contributed by atoms with Crippen LogP contribution in [0, 0.1) is 25.7 Å². The highest BCUT2D eigenvalue weighted by Crippen LogP contribution is 2.66. The van der Waals surface area contributed by atoms with Gasteiger partial charge in [0.2, 0.25) is 5.91 Å². The van der Waals surface area contributed by atoms with Gasteiger partial charge in [-0.3, -0.25) is 9.69 Å². The number of piperidine rings is 2. The molecule has 4 fully saturated rings. The number of phenols is 2. The zero-order valence-electron chi connectivity index (χ0n) is 30.2. The van der Waals surface area contributed by atoms with Crippen LogP contribution in [-0.4, -0.2) is 67.3 Å². The number of ether oxygens (including phenoxy) is 1. The molecule has 1 unspecified atom stereocenters. The average Bonchev–Trinajstić information content (AvgIpc) is 3.76. The van der Waals surface area contributed by atoms with E-state index in [1.54, 1.807) is 49.8 Å². The summed E-state index contributed by atoms with van der Waals surface area (Å²) >= 11 is 13.5. The first-order valence-corrected chi connectivity index (χ1v) is 23.2. The van der Waals surface area contributed by atoms with E-state index < -0.39 is 15.7 Å². The van der Waals surface area contributed by atoms with Crippen molar-refractivity contribution in [3.05, 3.63) is 124 Å². The Labute approximate surface area is 358 Å². The minimum Gasteiger partial charge on any atom is -0.506 e. The zero-order chi connectivity index (χ0) is 39.2. The molecule has 9 nitrogen and oxygen atoms in total. The van der Waals surface area contributed by atoms with Crippen molar-refractivity contribution >= 4 is 85.4 Å². The Hall–Kier alpha value is -2.56. The third-order valence-electron chi connectivity index (χ3n) is 13.6. The lowest BCUT2D eigenvalue weighted by atomic mass is 9.53. The van der Waals surface area contributed by atoms with Gasteiger partial charge < -0.3 is 19.8 Å². The van der Waals surface area contributed by atoms with Gasteiger partial charge in [-0.25, -0.2) is 4.18 Å². The van der Waals surface area contributed by atoms with Crippen molar-refractivity contribution in [2.24, 2.45) is 11.8 Å². The number of para-hydroxylation sites is 1. The number of halogens is 4. The second-order valence-electron chi connectivity index (χ2n) is 15.9. The van der Waals surface area contributed by atoms with Crippen molar-refractivity contribution < 1.29 is 32.3 Å². The standard InChI is InChI=1S/C21H14Br4O5S.C21H22N2O2/c1-9-12(7-14(22)19(26)17(9)24)21(13-8-15(23)20(27)18(25)10(13)2)11-5-3-4-6-16(11)31(28,29)30-21;24-18-10-16-19-13-9-17-21(6-7-22(17)11-12(13)5-8-25-16)14-3-1-2-4-15(14)23(18)20(19)21/h3-8,26-27H,1-2H3;1-5,13,16-17,19-20H,6-11H2/t;13-,16-,17-,19-,20-,21?/m.0/s1. The van der Waals surface area contributed by atoms with Crippen LogP contribution in [0.2, 0.25) is 0 Å². The molecule has 11 rings (SSSR count). The van der Waals surface area contributed by atoms with E-state index in [-0.39, 0.29) is 33.8 Å². The minimum absolute atomic E-state index is 0.00433. The van der Waals surface area contributed by atoms with Gasteiger partial charge in [0.1, 0.15) is 16.4 Å². The smallest absolute Gasteiger partial charge is 0.298 e. The first kappa shape index (κ1) is 37.7. The molecule has 1 saturated carbocycles. The molecule has 1 amide bonds. The molecule has 1 spiro atoms. The number of anilines is 1. The van der Waals surface area contributed by atoms with Crippen LogP contribution >= 0.6 is 63.7 Å². The molecular weight excluding hydrogens is 996 g/mol. The number of fused-ring (bicyclic) bond motifs is 3. The van der Waals surface area contributed by atoms with Crippen LogP contribution in [0.3, 0.4) is 0 Å². The highest BCUT2D eigenvalue weighted by Gasteiger charge is 2.71. The summed E-state index contributed by atoms with van der Waals surface area (Å²) in [6.07, 6.45) is 5.43. The van der Waals surface area contributed by atoms with Gasteiger partial charge in [0.25, 0.3) is 10.1 Å². The van der Waals surface area contributed by atoms with Gasteiger partial charge in [0.05, 0.1) is 43.1 Å². The molecule has 1 aliphatic carbocycles. The average molecular weight is 1030 g/mol. The number of hydrogen-bond donors (Lipinski definition) is 2. The van der Waals surface area contributed by atoms with E-state index in [1.807, 2.05) is 0 Å². The van der Waals surface area contributed by atoms with Crippen LogP contribution in [0.5, 0.6) is 11.5 Å². The van der Waals surface area contributed by atoms with E-state index in [2.05, 4.69) is 104 Å². The molecule has 14 heteroatoms. The monoisotopic (exact) mass is 1030 g/mol. The molecule has 6 atom stereocenters. The van der Waals surface area contributed by atoms with E-state index in [0.29, 0.717) is 82.7 Å². The van der Waals surface area contributed by atoms with Gasteiger partial charge in [-0.15, -0.1) is 0 Å². The summed E-state index contributed by atoms with van der Waals surface area (Å²) in [7, 11) is -4.10. The SMILES string of the molecule is Cc1c(C2(c3cc(Br)c(O)c(Br)c3C)OS(=O)(=O)c3ccccc32)cc(Br)c(O)c1Br.O=C1C[C@@H]2OCC=C3CN4CCC56c7ccccc7N1[C@H]5[C@H]2[C@H]3C[C@H]46. The number of rotatable bonds is 2. The molecule has 0 radical (unpaired) electrons. The van der Waals surface area contributed by atoms with Crippen LogP contribution in [0.15, 0.2) is 95.1 Å². The predicted octanol–water partition coefficient (Wildman–Crippen LogP) is 8.87. The Morgan fingerprint density at radius 1 is 0.857 bits per heavy atom. The molecule has 2 N–H and O–H groups in total. The van der Waals surface area contributed by atoms with Crippen molar-refractivity contribution in [1.82, 2.24) is 4.90 Å². The fraction of sp³-hybridized carbons (Fsp3) is 0.357. The zero-order valence-corrected chi connectivity index (χ0v) is 37.4. The Balaban J connectivity index is 0.000000139. The van der Waals surface area contributed by atoms with Gasteiger partial charge in [-0.2, -0.15) is 8.42 Å². The molecule has 3 saturated heterocycles. The highest BCUT2D eigenvalue weighted by molar-refractivity contribution is 9.11. The maximum absolute atomic E-state index is 13.2. The van der Waals surface area contributed by atoms with Crippen LogP contribution < -0.4 is 4.90 Å². The Morgan fingerprint density at radius 3 is 2.16 bits per heavy atom. The van der Waals surface area contributed by atoms with Crippen LogP contribution in [-0.2, 0) is 34.8 Å². The van der Waals surface area contributed by atoms with E-state index in [1.165, 1.54) is 36.7 Å².